The van der Waals surface area contributed by atoms with Gasteiger partial charge in [0.05, 0.1) is 17.4 Å². The van der Waals surface area contributed by atoms with Crippen LogP contribution in [-0.4, -0.2) is 28.3 Å². The predicted molar refractivity (Wildman–Crippen MR) is 94.6 cm³/mol. The topological polar surface area (TPSA) is 55.2 Å². The lowest BCUT2D eigenvalue weighted by atomic mass is 9.90. The van der Waals surface area contributed by atoms with Gasteiger partial charge in [-0.3, -0.25) is 14.6 Å². The van der Waals surface area contributed by atoms with Gasteiger partial charge >= 0.3 is 0 Å². The number of aldehydes is 1. The first kappa shape index (κ1) is 15.6. The highest BCUT2D eigenvalue weighted by atomic mass is 79.9. The van der Waals surface area contributed by atoms with Crippen molar-refractivity contribution in [2.24, 2.45) is 5.41 Å². The van der Waals surface area contributed by atoms with Gasteiger partial charge < -0.3 is 9.47 Å². The minimum absolute atomic E-state index is 0.0588. The van der Waals surface area contributed by atoms with Crippen LogP contribution in [0.2, 0.25) is 0 Å². The van der Waals surface area contributed by atoms with E-state index < -0.39 is 0 Å². The Balaban J connectivity index is 1.75. The van der Waals surface area contributed by atoms with Crippen LogP contribution in [0.15, 0.2) is 22.9 Å². The number of amides is 1. The monoisotopic (exact) mass is 387 g/mol. The number of aromatic nitrogens is 2. The van der Waals surface area contributed by atoms with Gasteiger partial charge in [0.1, 0.15) is 5.69 Å². The molecule has 0 atom stereocenters. The summed E-state index contributed by atoms with van der Waals surface area (Å²) in [6.45, 7) is 5.82. The Labute approximate surface area is 148 Å². The van der Waals surface area contributed by atoms with Gasteiger partial charge in [-0.25, -0.2) is 0 Å². The summed E-state index contributed by atoms with van der Waals surface area (Å²) in [4.78, 5) is 30.2. The molecule has 1 aliphatic carbocycles. The van der Waals surface area contributed by atoms with Crippen LogP contribution < -0.4 is 4.90 Å². The molecule has 2 aromatic heterocycles. The second-order valence-electron chi connectivity index (χ2n) is 7.30. The number of carbonyl (C=O) groups excluding carboxylic acids is 2. The molecule has 24 heavy (non-hydrogen) atoms. The quantitative estimate of drug-likeness (QED) is 0.743. The number of hydrogen-bond acceptors (Lipinski definition) is 3. The average molecular weight is 388 g/mol. The van der Waals surface area contributed by atoms with E-state index in [2.05, 4.69) is 39.3 Å². The van der Waals surface area contributed by atoms with Crippen molar-refractivity contribution >= 4 is 33.8 Å². The van der Waals surface area contributed by atoms with Crippen molar-refractivity contribution in [2.45, 2.75) is 33.2 Å². The Hall–Kier alpha value is -1.95. The minimum Gasteiger partial charge on any atom is -0.339 e. The zero-order chi connectivity index (χ0) is 17.1. The molecule has 2 aliphatic rings. The molecule has 0 fully saturated rings. The van der Waals surface area contributed by atoms with E-state index in [1.165, 1.54) is 11.3 Å². The average Bonchev–Trinajstić information content (AvgIpc) is 3.00. The Kier molecular flexibility index (Phi) is 3.42. The largest absolute Gasteiger partial charge is 0.339 e. The summed E-state index contributed by atoms with van der Waals surface area (Å²) >= 11 is 3.34. The first-order valence-electron chi connectivity index (χ1n) is 8.03. The molecule has 6 heteroatoms. The zero-order valence-corrected chi connectivity index (χ0v) is 15.3. The first-order valence-corrected chi connectivity index (χ1v) is 8.82. The molecule has 0 unspecified atom stereocenters. The summed E-state index contributed by atoms with van der Waals surface area (Å²) < 4.78 is 2.77. The van der Waals surface area contributed by atoms with Crippen molar-refractivity contribution in [3.63, 3.8) is 0 Å². The maximum absolute atomic E-state index is 13.0. The van der Waals surface area contributed by atoms with Crippen LogP contribution in [0.5, 0.6) is 0 Å². The Bertz CT molecular complexity index is 869. The summed E-state index contributed by atoms with van der Waals surface area (Å²) in [5.74, 6) is -0.0588. The summed E-state index contributed by atoms with van der Waals surface area (Å²) in [6, 6.07) is 2.03. The Morgan fingerprint density at radius 1 is 1.25 bits per heavy atom. The van der Waals surface area contributed by atoms with Gasteiger partial charge in [0, 0.05) is 29.5 Å². The van der Waals surface area contributed by atoms with Crippen LogP contribution in [-0.2, 0) is 19.4 Å². The number of anilines is 1. The molecule has 0 spiro atoms. The van der Waals surface area contributed by atoms with Crippen molar-refractivity contribution in [3.8, 4) is 0 Å². The molecule has 0 saturated carbocycles. The van der Waals surface area contributed by atoms with Crippen molar-refractivity contribution in [1.82, 2.24) is 9.55 Å². The van der Waals surface area contributed by atoms with Gasteiger partial charge in [-0.15, -0.1) is 0 Å². The van der Waals surface area contributed by atoms with E-state index in [0.717, 1.165) is 31.4 Å². The SMILES string of the molecule is CC1(C)Cc2cc3n(c2C1)CCN(c1cncc(Br)c1C=O)C3=O. The number of pyridine rings is 1. The maximum Gasteiger partial charge on any atom is 0.275 e. The molecule has 5 nitrogen and oxygen atoms in total. The number of halogens is 1. The fourth-order valence-corrected chi connectivity index (χ4v) is 4.32. The van der Waals surface area contributed by atoms with Crippen LogP contribution in [0.25, 0.3) is 0 Å². The summed E-state index contributed by atoms with van der Waals surface area (Å²) in [5, 5.41) is 0. The molecule has 0 radical (unpaired) electrons. The Morgan fingerprint density at radius 3 is 2.79 bits per heavy atom. The summed E-state index contributed by atoms with van der Waals surface area (Å²) in [5.41, 5.74) is 4.60. The number of rotatable bonds is 2. The third kappa shape index (κ3) is 2.24. The second kappa shape index (κ2) is 5.28. The molecule has 4 rings (SSSR count). The molecule has 124 valence electrons. The number of hydrogen-bond donors (Lipinski definition) is 0. The molecule has 0 bridgehead atoms. The van der Waals surface area contributed by atoms with Crippen molar-refractivity contribution in [2.75, 3.05) is 11.4 Å². The molecular formula is C18H18BrN3O2. The van der Waals surface area contributed by atoms with E-state index in [9.17, 15) is 9.59 Å². The standard InChI is InChI=1S/C18H18BrN3O2/c1-18(2)6-11-5-14-17(24)22(4-3-21(14)15(11)7-18)16-9-20-8-13(19)12(16)10-23/h5,8-10H,3-4,6-7H2,1-2H3. The lowest BCUT2D eigenvalue weighted by Gasteiger charge is -2.30. The highest BCUT2D eigenvalue weighted by Crippen LogP contribution is 2.39. The third-order valence-corrected chi connectivity index (χ3v) is 5.58. The fraction of sp³-hybridized carbons (Fsp3) is 0.389. The number of nitrogens with zero attached hydrogens (tertiary/aromatic N) is 3. The highest BCUT2D eigenvalue weighted by Gasteiger charge is 2.37. The van der Waals surface area contributed by atoms with Crippen LogP contribution in [0.4, 0.5) is 5.69 Å². The van der Waals surface area contributed by atoms with Gasteiger partial charge in [-0.1, -0.05) is 13.8 Å². The van der Waals surface area contributed by atoms with Gasteiger partial charge in [0.25, 0.3) is 5.91 Å². The van der Waals surface area contributed by atoms with E-state index in [1.807, 2.05) is 6.07 Å². The molecule has 3 heterocycles. The fourth-order valence-electron chi connectivity index (χ4n) is 3.91. The first-order chi connectivity index (χ1) is 11.4. The van der Waals surface area contributed by atoms with E-state index in [-0.39, 0.29) is 11.3 Å². The van der Waals surface area contributed by atoms with Crippen molar-refractivity contribution in [3.05, 3.63) is 45.4 Å². The molecule has 0 N–H and O–H groups in total. The molecule has 0 aromatic carbocycles. The lowest BCUT2D eigenvalue weighted by molar-refractivity contribution is 0.0964. The number of fused-ring (bicyclic) bond motifs is 3. The van der Waals surface area contributed by atoms with E-state index in [4.69, 9.17) is 0 Å². The maximum atomic E-state index is 13.0. The van der Waals surface area contributed by atoms with Gasteiger partial charge in [0.2, 0.25) is 0 Å². The van der Waals surface area contributed by atoms with E-state index >= 15 is 0 Å². The Morgan fingerprint density at radius 2 is 2.04 bits per heavy atom. The predicted octanol–water partition coefficient (Wildman–Crippen LogP) is 3.24. The second-order valence-corrected chi connectivity index (χ2v) is 8.15. The van der Waals surface area contributed by atoms with Gasteiger partial charge in [-0.05, 0) is 45.8 Å². The summed E-state index contributed by atoms with van der Waals surface area (Å²) in [6.07, 6.45) is 5.94. The molecule has 2 aromatic rings. The highest BCUT2D eigenvalue weighted by molar-refractivity contribution is 9.10. The lowest BCUT2D eigenvalue weighted by Crippen LogP contribution is -2.41. The zero-order valence-electron chi connectivity index (χ0n) is 13.7. The molecule has 1 aliphatic heterocycles. The minimum atomic E-state index is -0.0588. The molecular weight excluding hydrogens is 370 g/mol. The smallest absolute Gasteiger partial charge is 0.275 e. The van der Waals surface area contributed by atoms with Crippen LogP contribution in [0.3, 0.4) is 0 Å². The normalized spacial score (nSPS) is 18.5. The van der Waals surface area contributed by atoms with Gasteiger partial charge in [-0.2, -0.15) is 0 Å². The molecule has 0 saturated heterocycles. The number of carbonyl (C=O) groups is 2. The van der Waals surface area contributed by atoms with Gasteiger partial charge in [0.15, 0.2) is 6.29 Å². The summed E-state index contributed by atoms with van der Waals surface area (Å²) in [7, 11) is 0. The third-order valence-electron chi connectivity index (χ3n) is 4.95. The van der Waals surface area contributed by atoms with Crippen LogP contribution in [0, 0.1) is 5.41 Å². The van der Waals surface area contributed by atoms with Crippen LogP contribution >= 0.6 is 15.9 Å². The molecule has 1 amide bonds. The van der Waals surface area contributed by atoms with E-state index in [1.54, 1.807) is 17.3 Å². The van der Waals surface area contributed by atoms with Crippen LogP contribution in [0.1, 0.15) is 46.0 Å². The van der Waals surface area contributed by atoms with Crippen molar-refractivity contribution < 1.29 is 9.59 Å². The van der Waals surface area contributed by atoms with Crippen molar-refractivity contribution in [1.29, 1.82) is 0 Å². The van der Waals surface area contributed by atoms with E-state index in [0.29, 0.717) is 22.3 Å².